The van der Waals surface area contributed by atoms with E-state index in [1.165, 1.54) is 0 Å². The van der Waals surface area contributed by atoms with Gasteiger partial charge in [0.2, 0.25) is 0 Å². The molecule has 0 aliphatic rings. The zero-order chi connectivity index (χ0) is 9.26. The van der Waals surface area contributed by atoms with Crippen molar-refractivity contribution in [1.29, 1.82) is 0 Å². The van der Waals surface area contributed by atoms with Gasteiger partial charge in [0, 0.05) is 16.1 Å². The Balaban J connectivity index is 2.74. The van der Waals surface area contributed by atoms with Crippen LogP contribution in [0.2, 0.25) is 0 Å². The summed E-state index contributed by atoms with van der Waals surface area (Å²) >= 11 is 5.01. The van der Waals surface area contributed by atoms with Gasteiger partial charge >= 0.3 is 0 Å². The third-order valence-electron chi connectivity index (χ3n) is 1.72. The SMILES string of the molecule is CSc1ncc2cccc(Br)c2n1. The van der Waals surface area contributed by atoms with E-state index >= 15 is 0 Å². The Kier molecular flexibility index (Phi) is 2.51. The molecule has 13 heavy (non-hydrogen) atoms. The van der Waals surface area contributed by atoms with Crippen molar-refractivity contribution in [2.24, 2.45) is 0 Å². The Bertz CT molecular complexity index is 445. The van der Waals surface area contributed by atoms with Gasteiger partial charge in [-0.05, 0) is 28.3 Å². The second-order valence-corrected chi connectivity index (χ2v) is 4.16. The summed E-state index contributed by atoms with van der Waals surface area (Å²) in [5.74, 6) is 0. The minimum atomic E-state index is 0.805. The number of aromatic nitrogens is 2. The molecule has 0 aliphatic carbocycles. The highest BCUT2D eigenvalue weighted by Gasteiger charge is 2.01. The van der Waals surface area contributed by atoms with E-state index in [0.717, 1.165) is 20.5 Å². The molecule has 0 unspecified atom stereocenters. The minimum absolute atomic E-state index is 0.805. The minimum Gasteiger partial charge on any atom is -0.230 e. The van der Waals surface area contributed by atoms with Crippen molar-refractivity contribution in [2.45, 2.75) is 5.16 Å². The number of para-hydroxylation sites is 1. The third kappa shape index (κ3) is 1.69. The predicted molar refractivity (Wildman–Crippen MR) is 59.0 cm³/mol. The summed E-state index contributed by atoms with van der Waals surface area (Å²) in [5, 5.41) is 1.87. The van der Waals surface area contributed by atoms with Gasteiger partial charge in [-0.1, -0.05) is 23.9 Å². The van der Waals surface area contributed by atoms with Crippen molar-refractivity contribution in [2.75, 3.05) is 6.26 Å². The molecule has 1 aromatic carbocycles. The van der Waals surface area contributed by atoms with E-state index in [-0.39, 0.29) is 0 Å². The van der Waals surface area contributed by atoms with Crippen LogP contribution in [0.5, 0.6) is 0 Å². The summed E-state index contributed by atoms with van der Waals surface area (Å²) in [6.07, 6.45) is 3.82. The molecule has 0 fully saturated rings. The summed E-state index contributed by atoms with van der Waals surface area (Å²) in [7, 11) is 0. The van der Waals surface area contributed by atoms with Crippen molar-refractivity contribution in [3.8, 4) is 0 Å². The smallest absolute Gasteiger partial charge is 0.187 e. The van der Waals surface area contributed by atoms with Gasteiger partial charge in [-0.2, -0.15) is 0 Å². The van der Waals surface area contributed by atoms with Crippen LogP contribution in [-0.2, 0) is 0 Å². The number of thioether (sulfide) groups is 1. The molecule has 0 atom stereocenters. The van der Waals surface area contributed by atoms with E-state index < -0.39 is 0 Å². The number of benzene rings is 1. The van der Waals surface area contributed by atoms with Crippen LogP contribution in [0.3, 0.4) is 0 Å². The lowest BCUT2D eigenvalue weighted by Crippen LogP contribution is -1.87. The second kappa shape index (κ2) is 3.64. The lowest BCUT2D eigenvalue weighted by molar-refractivity contribution is 1.01. The molecule has 1 aromatic heterocycles. The van der Waals surface area contributed by atoms with Gasteiger partial charge in [-0.15, -0.1) is 0 Å². The zero-order valence-electron chi connectivity index (χ0n) is 6.99. The largest absolute Gasteiger partial charge is 0.230 e. The van der Waals surface area contributed by atoms with Crippen molar-refractivity contribution in [3.05, 3.63) is 28.9 Å². The standard InChI is InChI=1S/C9H7BrN2S/c1-13-9-11-5-6-3-2-4-7(10)8(6)12-9/h2-5H,1H3. The number of fused-ring (bicyclic) bond motifs is 1. The highest BCUT2D eigenvalue weighted by molar-refractivity contribution is 9.10. The Hall–Kier alpha value is -0.610. The van der Waals surface area contributed by atoms with Crippen LogP contribution in [0.4, 0.5) is 0 Å². The first-order valence-electron chi connectivity index (χ1n) is 3.76. The molecular weight excluding hydrogens is 248 g/mol. The van der Waals surface area contributed by atoms with Crippen LogP contribution < -0.4 is 0 Å². The van der Waals surface area contributed by atoms with E-state index in [2.05, 4.69) is 25.9 Å². The number of hydrogen-bond donors (Lipinski definition) is 0. The fraction of sp³-hybridized carbons (Fsp3) is 0.111. The maximum absolute atomic E-state index is 4.40. The van der Waals surface area contributed by atoms with Crippen LogP contribution in [0.25, 0.3) is 10.9 Å². The normalized spacial score (nSPS) is 10.6. The molecular formula is C9H7BrN2S. The quantitative estimate of drug-likeness (QED) is 0.578. The van der Waals surface area contributed by atoms with Gasteiger partial charge in [0.05, 0.1) is 5.52 Å². The van der Waals surface area contributed by atoms with Crippen LogP contribution in [-0.4, -0.2) is 16.2 Å². The molecule has 0 aliphatic heterocycles. The molecule has 0 saturated heterocycles. The molecule has 2 rings (SSSR count). The van der Waals surface area contributed by atoms with E-state index in [9.17, 15) is 0 Å². The first-order valence-corrected chi connectivity index (χ1v) is 5.78. The summed E-state index contributed by atoms with van der Waals surface area (Å²) < 4.78 is 1.02. The van der Waals surface area contributed by atoms with Gasteiger partial charge in [0.1, 0.15) is 0 Å². The Morgan fingerprint density at radius 1 is 1.38 bits per heavy atom. The summed E-state index contributed by atoms with van der Waals surface area (Å²) in [6, 6.07) is 5.97. The molecule has 0 amide bonds. The third-order valence-corrected chi connectivity index (χ3v) is 2.92. The molecule has 0 radical (unpaired) electrons. The van der Waals surface area contributed by atoms with Gasteiger partial charge in [0.25, 0.3) is 0 Å². The number of hydrogen-bond acceptors (Lipinski definition) is 3. The molecule has 2 nitrogen and oxygen atoms in total. The number of halogens is 1. The topological polar surface area (TPSA) is 25.8 Å². The van der Waals surface area contributed by atoms with E-state index in [0.29, 0.717) is 0 Å². The van der Waals surface area contributed by atoms with Crippen LogP contribution in [0.1, 0.15) is 0 Å². The van der Waals surface area contributed by atoms with Crippen molar-refractivity contribution < 1.29 is 0 Å². The van der Waals surface area contributed by atoms with Gasteiger partial charge in [-0.25, -0.2) is 9.97 Å². The maximum atomic E-state index is 4.40. The number of rotatable bonds is 1. The Morgan fingerprint density at radius 2 is 2.23 bits per heavy atom. The molecule has 4 heteroatoms. The Labute approximate surface area is 88.9 Å². The van der Waals surface area contributed by atoms with Crippen molar-refractivity contribution in [3.63, 3.8) is 0 Å². The molecule has 1 heterocycles. The van der Waals surface area contributed by atoms with Gasteiger partial charge in [0.15, 0.2) is 5.16 Å². The fourth-order valence-corrected chi connectivity index (χ4v) is 1.91. The average Bonchev–Trinajstić information content (AvgIpc) is 2.18. The average molecular weight is 255 g/mol. The lowest BCUT2D eigenvalue weighted by atomic mass is 10.2. The van der Waals surface area contributed by atoms with Crippen LogP contribution in [0.15, 0.2) is 34.0 Å². The first kappa shape index (κ1) is 8.97. The van der Waals surface area contributed by atoms with Crippen molar-refractivity contribution in [1.82, 2.24) is 9.97 Å². The molecule has 0 N–H and O–H groups in total. The molecule has 0 bridgehead atoms. The lowest BCUT2D eigenvalue weighted by Gasteiger charge is -2.00. The predicted octanol–water partition coefficient (Wildman–Crippen LogP) is 3.11. The van der Waals surface area contributed by atoms with E-state index in [1.54, 1.807) is 11.8 Å². The van der Waals surface area contributed by atoms with E-state index in [1.807, 2.05) is 30.7 Å². The second-order valence-electron chi connectivity index (χ2n) is 2.53. The molecule has 0 spiro atoms. The molecule has 66 valence electrons. The van der Waals surface area contributed by atoms with E-state index in [4.69, 9.17) is 0 Å². The van der Waals surface area contributed by atoms with Crippen LogP contribution >= 0.6 is 27.7 Å². The highest BCUT2D eigenvalue weighted by Crippen LogP contribution is 2.22. The van der Waals surface area contributed by atoms with Gasteiger partial charge in [-0.3, -0.25) is 0 Å². The van der Waals surface area contributed by atoms with Gasteiger partial charge < -0.3 is 0 Å². The summed E-state index contributed by atoms with van der Waals surface area (Å²) in [5.41, 5.74) is 0.974. The number of nitrogens with zero attached hydrogens (tertiary/aromatic N) is 2. The summed E-state index contributed by atoms with van der Waals surface area (Å²) in [4.78, 5) is 8.60. The Morgan fingerprint density at radius 3 is 3.00 bits per heavy atom. The van der Waals surface area contributed by atoms with Crippen molar-refractivity contribution >= 4 is 38.6 Å². The maximum Gasteiger partial charge on any atom is 0.187 e. The summed E-state index contributed by atoms with van der Waals surface area (Å²) in [6.45, 7) is 0. The monoisotopic (exact) mass is 254 g/mol. The highest BCUT2D eigenvalue weighted by atomic mass is 79.9. The molecule has 0 saturated carbocycles. The molecule has 2 aromatic rings. The fourth-order valence-electron chi connectivity index (χ4n) is 1.10. The first-order chi connectivity index (χ1) is 6.31. The zero-order valence-corrected chi connectivity index (χ0v) is 9.39. The van der Waals surface area contributed by atoms with Crippen LogP contribution in [0, 0.1) is 0 Å².